The second-order valence-corrected chi connectivity index (χ2v) is 7.24. The van der Waals surface area contributed by atoms with Crippen LogP contribution in [-0.4, -0.2) is 48.3 Å². The molecule has 1 saturated heterocycles. The highest BCUT2D eigenvalue weighted by Crippen LogP contribution is 2.45. The van der Waals surface area contributed by atoms with Crippen LogP contribution in [0.25, 0.3) is 0 Å². The van der Waals surface area contributed by atoms with Crippen LogP contribution in [0.1, 0.15) is 6.92 Å². The number of carbonyl (C=O) groups is 3. The Hall–Kier alpha value is -3.06. The maximum Gasteiger partial charge on any atom is 0.333 e. The topological polar surface area (TPSA) is 60.9 Å². The summed E-state index contributed by atoms with van der Waals surface area (Å²) in [6.45, 7) is 3.00. The fourth-order valence-electron chi connectivity index (χ4n) is 2.92. The van der Waals surface area contributed by atoms with E-state index in [4.69, 9.17) is 0 Å². The van der Waals surface area contributed by atoms with Crippen molar-refractivity contribution in [3.8, 4) is 0 Å². The molecule has 0 unspecified atom stereocenters. The van der Waals surface area contributed by atoms with Gasteiger partial charge in [-0.25, -0.2) is 4.79 Å². The average Bonchev–Trinajstić information content (AvgIpc) is 3.07. The lowest BCUT2D eigenvalue weighted by molar-refractivity contribution is -0.134. The molecule has 6 nitrogen and oxygen atoms in total. The zero-order chi connectivity index (χ0) is 20.3. The van der Waals surface area contributed by atoms with Crippen molar-refractivity contribution in [3.63, 3.8) is 0 Å². The molecule has 0 aliphatic carbocycles. The first-order chi connectivity index (χ1) is 13.5. The van der Waals surface area contributed by atoms with Crippen molar-refractivity contribution >= 4 is 35.3 Å². The van der Waals surface area contributed by atoms with Crippen LogP contribution < -0.4 is 4.90 Å². The van der Waals surface area contributed by atoms with Crippen molar-refractivity contribution in [2.75, 3.05) is 25.5 Å². The number of rotatable bonds is 4. The summed E-state index contributed by atoms with van der Waals surface area (Å²) in [5, 5.41) is 1.14. The van der Waals surface area contributed by atoms with E-state index in [-0.39, 0.29) is 5.57 Å². The molecule has 1 aromatic carbocycles. The van der Waals surface area contributed by atoms with Gasteiger partial charge in [0.25, 0.3) is 11.8 Å². The van der Waals surface area contributed by atoms with Crippen LogP contribution >= 0.6 is 11.8 Å². The number of hydrogen-bond donors (Lipinski definition) is 0. The molecule has 0 radical (unpaired) electrons. The number of fused-ring (bicyclic) bond motifs is 1. The summed E-state index contributed by atoms with van der Waals surface area (Å²) in [5.74, 6) is -1.19. The minimum absolute atomic E-state index is 0.0356. The Kier molecular flexibility index (Phi) is 5.84. The van der Waals surface area contributed by atoms with Crippen molar-refractivity contribution in [2.24, 2.45) is 0 Å². The number of amides is 4. The number of thioether (sulfide) groups is 1. The van der Waals surface area contributed by atoms with Crippen molar-refractivity contribution in [1.82, 2.24) is 9.80 Å². The van der Waals surface area contributed by atoms with Gasteiger partial charge < -0.3 is 4.90 Å². The molecule has 1 aromatic rings. The van der Waals surface area contributed by atoms with Crippen molar-refractivity contribution < 1.29 is 14.4 Å². The quantitative estimate of drug-likeness (QED) is 0.443. The summed E-state index contributed by atoms with van der Waals surface area (Å²) in [5.41, 5.74) is 1.18. The summed E-state index contributed by atoms with van der Waals surface area (Å²) in [4.78, 5) is 41.2. The van der Waals surface area contributed by atoms with E-state index in [9.17, 15) is 14.4 Å². The number of barbiturate groups is 1. The predicted octanol–water partition coefficient (Wildman–Crippen LogP) is 3.55. The number of para-hydroxylation sites is 1. The monoisotopic (exact) mass is 395 g/mol. The number of nitrogens with zero attached hydrogens (tertiary/aromatic N) is 3. The molecule has 2 aliphatic rings. The fourth-order valence-corrected chi connectivity index (χ4v) is 4.05. The molecule has 0 atom stereocenters. The Labute approximate surface area is 168 Å². The molecule has 2 aliphatic heterocycles. The SMILES string of the molecule is CCN1/C(=C/C=C/C=C/C=C2C(=O)N(C)C(=O)N(C)C2=O)Sc2ccccc21. The standard InChI is InChI=1S/C21H21N3O3S/c1-4-24-16-12-9-10-13-17(16)28-18(24)14-8-6-5-7-11-15-19(25)22(2)21(27)23(3)20(15)26/h5-14H,4H2,1-3H3/b7-5+,8-6+,18-14-. The number of benzene rings is 1. The van der Waals surface area contributed by atoms with Gasteiger partial charge in [-0.05, 0) is 31.2 Å². The van der Waals surface area contributed by atoms with Gasteiger partial charge in [-0.3, -0.25) is 19.4 Å². The Morgan fingerprint density at radius 2 is 1.50 bits per heavy atom. The largest absolute Gasteiger partial charge is 0.335 e. The first kappa shape index (κ1) is 19.7. The molecule has 0 bridgehead atoms. The molecule has 0 N–H and O–H groups in total. The number of hydrogen-bond acceptors (Lipinski definition) is 5. The Bertz CT molecular complexity index is 920. The molecule has 3 rings (SSSR count). The highest BCUT2D eigenvalue weighted by Gasteiger charge is 2.37. The summed E-state index contributed by atoms with van der Waals surface area (Å²) in [6.07, 6.45) is 10.6. The minimum Gasteiger partial charge on any atom is -0.335 e. The first-order valence-electron chi connectivity index (χ1n) is 8.85. The van der Waals surface area contributed by atoms with E-state index < -0.39 is 17.8 Å². The summed E-state index contributed by atoms with van der Waals surface area (Å²) < 4.78 is 0. The van der Waals surface area contributed by atoms with Crippen molar-refractivity contribution in [1.29, 1.82) is 0 Å². The van der Waals surface area contributed by atoms with Gasteiger partial charge in [0.15, 0.2) is 0 Å². The van der Waals surface area contributed by atoms with Crippen molar-refractivity contribution in [3.05, 3.63) is 71.3 Å². The molecular weight excluding hydrogens is 374 g/mol. The summed E-state index contributed by atoms with van der Waals surface area (Å²) in [6, 6.07) is 7.66. The molecule has 28 heavy (non-hydrogen) atoms. The Morgan fingerprint density at radius 3 is 2.14 bits per heavy atom. The van der Waals surface area contributed by atoms with Gasteiger partial charge in [-0.1, -0.05) is 48.2 Å². The Balaban J connectivity index is 1.68. The number of urea groups is 1. The molecule has 1 fully saturated rings. The van der Waals surface area contributed by atoms with E-state index >= 15 is 0 Å². The molecule has 0 aromatic heterocycles. The molecule has 4 amide bonds. The maximum atomic E-state index is 12.1. The maximum absolute atomic E-state index is 12.1. The summed E-state index contributed by atoms with van der Waals surface area (Å²) >= 11 is 1.72. The molecule has 7 heteroatoms. The lowest BCUT2D eigenvalue weighted by Crippen LogP contribution is -2.52. The van der Waals surface area contributed by atoms with E-state index in [0.717, 1.165) is 21.4 Å². The fraction of sp³-hybridized carbons (Fsp3) is 0.190. The molecule has 2 heterocycles. The number of likely N-dealkylation sites (N-methyl/N-ethyl adjacent to an activating group) is 2. The highest BCUT2D eigenvalue weighted by molar-refractivity contribution is 8.03. The third-order valence-corrected chi connectivity index (χ3v) is 5.56. The Morgan fingerprint density at radius 1 is 0.893 bits per heavy atom. The van der Waals surface area contributed by atoms with Gasteiger partial charge in [0.1, 0.15) is 5.57 Å². The predicted molar refractivity (Wildman–Crippen MR) is 111 cm³/mol. The second kappa shape index (κ2) is 8.31. The number of allylic oxidation sites excluding steroid dienone is 6. The third-order valence-electron chi connectivity index (χ3n) is 4.43. The number of anilines is 1. The lowest BCUT2D eigenvalue weighted by Gasteiger charge is -2.28. The lowest BCUT2D eigenvalue weighted by atomic mass is 10.1. The van der Waals surface area contributed by atoms with Gasteiger partial charge in [-0.2, -0.15) is 0 Å². The normalized spacial score (nSPS) is 19.0. The number of imide groups is 2. The van der Waals surface area contributed by atoms with Crippen LogP contribution in [0, 0.1) is 0 Å². The van der Waals surface area contributed by atoms with E-state index in [1.54, 1.807) is 23.9 Å². The van der Waals surface area contributed by atoms with Crippen LogP contribution in [-0.2, 0) is 9.59 Å². The molecule has 0 spiro atoms. The van der Waals surface area contributed by atoms with Gasteiger partial charge in [0.05, 0.1) is 10.7 Å². The van der Waals surface area contributed by atoms with E-state index in [1.165, 1.54) is 30.8 Å². The van der Waals surface area contributed by atoms with E-state index in [1.807, 2.05) is 30.4 Å². The van der Waals surface area contributed by atoms with Gasteiger partial charge in [0.2, 0.25) is 0 Å². The zero-order valence-electron chi connectivity index (χ0n) is 16.0. The van der Waals surface area contributed by atoms with Gasteiger partial charge in [-0.15, -0.1) is 0 Å². The molecule has 144 valence electrons. The van der Waals surface area contributed by atoms with E-state index in [2.05, 4.69) is 24.0 Å². The average molecular weight is 395 g/mol. The van der Waals surface area contributed by atoms with Gasteiger partial charge >= 0.3 is 6.03 Å². The second-order valence-electron chi connectivity index (χ2n) is 6.18. The minimum atomic E-state index is -0.627. The number of carbonyl (C=O) groups excluding carboxylic acids is 3. The van der Waals surface area contributed by atoms with Crippen LogP contribution in [0.4, 0.5) is 10.5 Å². The zero-order valence-corrected chi connectivity index (χ0v) is 16.8. The van der Waals surface area contributed by atoms with Crippen LogP contribution in [0.3, 0.4) is 0 Å². The molecule has 0 saturated carbocycles. The van der Waals surface area contributed by atoms with Crippen LogP contribution in [0.5, 0.6) is 0 Å². The van der Waals surface area contributed by atoms with Gasteiger partial charge in [0, 0.05) is 25.5 Å². The highest BCUT2D eigenvalue weighted by atomic mass is 32.2. The smallest absolute Gasteiger partial charge is 0.333 e. The van der Waals surface area contributed by atoms with Crippen LogP contribution in [0.2, 0.25) is 0 Å². The van der Waals surface area contributed by atoms with Crippen LogP contribution in [0.15, 0.2) is 76.2 Å². The molecular formula is C21H21N3O3S. The first-order valence-corrected chi connectivity index (χ1v) is 9.67. The third kappa shape index (κ3) is 3.66. The summed E-state index contributed by atoms with van der Waals surface area (Å²) in [7, 11) is 2.71. The van der Waals surface area contributed by atoms with Crippen molar-refractivity contribution in [2.45, 2.75) is 11.8 Å². The van der Waals surface area contributed by atoms with E-state index in [0.29, 0.717) is 0 Å².